The van der Waals surface area contributed by atoms with Crippen molar-refractivity contribution in [3.8, 4) is 0 Å². The summed E-state index contributed by atoms with van der Waals surface area (Å²) in [6.45, 7) is 0.0693. The molecule has 2 rings (SSSR count). The summed E-state index contributed by atoms with van der Waals surface area (Å²) in [5, 5.41) is 22.1. The van der Waals surface area contributed by atoms with Crippen LogP contribution in [-0.4, -0.2) is 53.2 Å². The van der Waals surface area contributed by atoms with Crippen molar-refractivity contribution in [2.45, 2.75) is 18.4 Å². The van der Waals surface area contributed by atoms with Crippen LogP contribution in [0.5, 0.6) is 0 Å². The first kappa shape index (κ1) is 14.7. The maximum atomic E-state index is 11.3. The van der Waals surface area contributed by atoms with Crippen molar-refractivity contribution in [1.29, 1.82) is 0 Å². The molecule has 0 aromatic carbocycles. The molecule has 2 heterocycles. The van der Waals surface area contributed by atoms with E-state index in [1.165, 1.54) is 18.3 Å². The molecule has 1 fully saturated rings. The van der Waals surface area contributed by atoms with Crippen LogP contribution in [-0.2, 0) is 9.84 Å². The molecule has 7 nitrogen and oxygen atoms in total. The van der Waals surface area contributed by atoms with Gasteiger partial charge in [0.25, 0.3) is 0 Å². The van der Waals surface area contributed by atoms with Gasteiger partial charge in [-0.3, -0.25) is 0 Å². The molecular weight excluding hydrogens is 284 g/mol. The Balaban J connectivity index is 2.04. The zero-order valence-electron chi connectivity index (χ0n) is 10.7. The summed E-state index contributed by atoms with van der Waals surface area (Å²) in [6, 6.07) is 2.92. The lowest BCUT2D eigenvalue weighted by Crippen LogP contribution is -2.44. The van der Waals surface area contributed by atoms with Gasteiger partial charge in [-0.2, -0.15) is 0 Å². The molecule has 0 atom stereocenters. The first-order valence-electron chi connectivity index (χ1n) is 6.16. The van der Waals surface area contributed by atoms with Gasteiger partial charge in [-0.05, 0) is 25.0 Å². The van der Waals surface area contributed by atoms with Crippen LogP contribution in [0.15, 0.2) is 18.3 Å². The van der Waals surface area contributed by atoms with Crippen molar-refractivity contribution in [3.63, 3.8) is 0 Å². The molecule has 1 aliphatic rings. The van der Waals surface area contributed by atoms with E-state index in [4.69, 9.17) is 5.11 Å². The number of anilines is 1. The van der Waals surface area contributed by atoms with E-state index in [2.05, 4.69) is 10.3 Å². The molecule has 20 heavy (non-hydrogen) atoms. The fourth-order valence-corrected chi connectivity index (χ4v) is 3.65. The van der Waals surface area contributed by atoms with Crippen LogP contribution in [0, 0.1) is 0 Å². The zero-order valence-corrected chi connectivity index (χ0v) is 11.6. The van der Waals surface area contributed by atoms with Gasteiger partial charge in [0.05, 0.1) is 17.1 Å². The minimum Gasteiger partial charge on any atom is -0.478 e. The van der Waals surface area contributed by atoms with Crippen LogP contribution < -0.4 is 5.32 Å². The van der Waals surface area contributed by atoms with Gasteiger partial charge in [0.1, 0.15) is 11.4 Å². The van der Waals surface area contributed by atoms with Crippen molar-refractivity contribution in [2.75, 3.05) is 23.4 Å². The number of aromatic nitrogens is 1. The summed E-state index contributed by atoms with van der Waals surface area (Å²) >= 11 is 0. The molecular formula is C12H16N2O5S. The molecule has 110 valence electrons. The number of pyridine rings is 1. The summed E-state index contributed by atoms with van der Waals surface area (Å²) in [7, 11) is -3.06. The van der Waals surface area contributed by atoms with Gasteiger partial charge in [0, 0.05) is 12.7 Å². The summed E-state index contributed by atoms with van der Waals surface area (Å²) in [4.78, 5) is 14.9. The number of aliphatic hydroxyl groups is 1. The molecule has 0 spiro atoms. The average molecular weight is 300 g/mol. The third-order valence-corrected chi connectivity index (χ3v) is 5.03. The van der Waals surface area contributed by atoms with Gasteiger partial charge >= 0.3 is 5.97 Å². The molecule has 0 unspecified atom stereocenters. The molecule has 3 N–H and O–H groups in total. The number of nitrogens with zero attached hydrogens (tertiary/aromatic N) is 1. The molecule has 0 radical (unpaired) electrons. The van der Waals surface area contributed by atoms with E-state index in [0.29, 0.717) is 0 Å². The third-order valence-electron chi connectivity index (χ3n) is 3.38. The van der Waals surface area contributed by atoms with Crippen molar-refractivity contribution in [3.05, 3.63) is 23.9 Å². The lowest BCUT2D eigenvalue weighted by molar-refractivity contribution is 0.0434. The summed E-state index contributed by atoms with van der Waals surface area (Å²) in [6.07, 6.45) is 1.72. The van der Waals surface area contributed by atoms with Crippen molar-refractivity contribution in [2.24, 2.45) is 0 Å². The Bertz CT molecular complexity index is 600. The molecule has 1 saturated heterocycles. The van der Waals surface area contributed by atoms with Crippen LogP contribution in [0.1, 0.15) is 23.2 Å². The van der Waals surface area contributed by atoms with Crippen molar-refractivity contribution in [1.82, 2.24) is 4.98 Å². The Kier molecular flexibility index (Phi) is 3.96. The smallest absolute Gasteiger partial charge is 0.339 e. The van der Waals surface area contributed by atoms with Gasteiger partial charge in [0.2, 0.25) is 0 Å². The molecule has 0 bridgehead atoms. The number of rotatable bonds is 4. The van der Waals surface area contributed by atoms with Gasteiger partial charge < -0.3 is 15.5 Å². The summed E-state index contributed by atoms with van der Waals surface area (Å²) in [5.74, 6) is -1.06. The molecule has 0 aliphatic carbocycles. The first-order chi connectivity index (χ1) is 9.31. The van der Waals surface area contributed by atoms with E-state index in [1.807, 2.05) is 0 Å². The number of hydrogen-bond acceptors (Lipinski definition) is 6. The molecule has 8 heteroatoms. The van der Waals surface area contributed by atoms with Crippen LogP contribution in [0.3, 0.4) is 0 Å². The van der Waals surface area contributed by atoms with Crippen molar-refractivity contribution < 1.29 is 23.4 Å². The Hall–Kier alpha value is -1.67. The molecule has 0 saturated carbocycles. The molecule has 1 aromatic heterocycles. The maximum Gasteiger partial charge on any atom is 0.339 e. The number of aromatic carboxylic acids is 1. The lowest BCUT2D eigenvalue weighted by atomic mass is 9.97. The van der Waals surface area contributed by atoms with E-state index in [-0.39, 0.29) is 42.3 Å². The monoisotopic (exact) mass is 300 g/mol. The number of carboxylic acid groups (broad SMARTS) is 1. The normalized spacial score (nSPS) is 20.2. The number of carbonyl (C=O) groups is 1. The summed E-state index contributed by atoms with van der Waals surface area (Å²) < 4.78 is 22.7. The minimum absolute atomic E-state index is 0.0135. The average Bonchev–Trinajstić information content (AvgIpc) is 2.41. The van der Waals surface area contributed by atoms with Gasteiger partial charge in [-0.1, -0.05) is 0 Å². The van der Waals surface area contributed by atoms with E-state index in [0.717, 1.165) is 0 Å². The van der Waals surface area contributed by atoms with Gasteiger partial charge in [-0.25, -0.2) is 18.2 Å². The SMILES string of the molecule is O=C(O)c1cccnc1NCC1(O)CCS(=O)(=O)CC1. The number of sulfone groups is 1. The largest absolute Gasteiger partial charge is 0.478 e. The minimum atomic E-state index is -3.06. The van der Waals surface area contributed by atoms with Gasteiger partial charge in [-0.15, -0.1) is 0 Å². The highest BCUT2D eigenvalue weighted by molar-refractivity contribution is 7.91. The Morgan fingerprint density at radius 3 is 2.65 bits per heavy atom. The highest BCUT2D eigenvalue weighted by Crippen LogP contribution is 2.24. The predicted molar refractivity (Wildman–Crippen MR) is 72.5 cm³/mol. The number of carboxylic acids is 1. The molecule has 1 aromatic rings. The Labute approximate surface area is 116 Å². The lowest BCUT2D eigenvalue weighted by Gasteiger charge is -2.32. The first-order valence-corrected chi connectivity index (χ1v) is 7.98. The molecule has 0 amide bonds. The summed E-state index contributed by atoms with van der Waals surface area (Å²) in [5.41, 5.74) is -1.14. The van der Waals surface area contributed by atoms with Crippen LogP contribution >= 0.6 is 0 Å². The van der Waals surface area contributed by atoms with E-state index < -0.39 is 21.4 Å². The second-order valence-corrected chi connectivity index (χ2v) is 7.24. The quantitative estimate of drug-likeness (QED) is 0.723. The second kappa shape index (κ2) is 5.37. The number of nitrogens with one attached hydrogen (secondary N) is 1. The van der Waals surface area contributed by atoms with E-state index in [1.54, 1.807) is 0 Å². The third kappa shape index (κ3) is 3.45. The highest BCUT2D eigenvalue weighted by atomic mass is 32.2. The molecule has 1 aliphatic heterocycles. The topological polar surface area (TPSA) is 117 Å². The van der Waals surface area contributed by atoms with Crippen LogP contribution in [0.25, 0.3) is 0 Å². The standard InChI is InChI=1S/C12H16N2O5S/c15-11(16)9-2-1-5-13-10(9)14-8-12(17)3-6-20(18,19)7-4-12/h1-2,5,17H,3-4,6-8H2,(H,13,14)(H,15,16). The predicted octanol–water partition coefficient (Wildman–Crippen LogP) is 0.131. The second-order valence-electron chi connectivity index (χ2n) is 4.93. The zero-order chi connectivity index (χ0) is 14.8. The van der Waals surface area contributed by atoms with E-state index in [9.17, 15) is 18.3 Å². The number of hydrogen-bond donors (Lipinski definition) is 3. The Morgan fingerprint density at radius 1 is 1.40 bits per heavy atom. The van der Waals surface area contributed by atoms with Gasteiger partial charge in [0.15, 0.2) is 9.84 Å². The Morgan fingerprint density at radius 2 is 2.05 bits per heavy atom. The highest BCUT2D eigenvalue weighted by Gasteiger charge is 2.35. The van der Waals surface area contributed by atoms with Crippen LogP contribution in [0.4, 0.5) is 5.82 Å². The maximum absolute atomic E-state index is 11.3. The van der Waals surface area contributed by atoms with E-state index >= 15 is 0 Å². The fourth-order valence-electron chi connectivity index (χ4n) is 2.06. The van der Waals surface area contributed by atoms with Crippen LogP contribution in [0.2, 0.25) is 0 Å². The fraction of sp³-hybridized carbons (Fsp3) is 0.500. The van der Waals surface area contributed by atoms with Crippen molar-refractivity contribution >= 4 is 21.6 Å².